The second kappa shape index (κ2) is 4.42. The lowest BCUT2D eigenvalue weighted by molar-refractivity contribution is -0.0356. The standard InChI is InChI=1S/C10H13FN2O4/c1-5-3-13(10(16)12-9(5)15)8-2-6(11)7(4-14)17-8/h3,6-8,14H,2,4H2,1H3,(H,12,15,16)/t6-,7+,8+/m0/s1/i1D3. The van der Waals surface area contributed by atoms with Crippen LogP contribution in [0.25, 0.3) is 0 Å². The van der Waals surface area contributed by atoms with Crippen molar-refractivity contribution in [1.29, 1.82) is 0 Å². The van der Waals surface area contributed by atoms with E-state index < -0.39 is 48.8 Å². The number of alkyl halides is 1. The number of rotatable bonds is 2. The van der Waals surface area contributed by atoms with Gasteiger partial charge in [-0.15, -0.1) is 0 Å². The highest BCUT2D eigenvalue weighted by atomic mass is 19.1. The van der Waals surface area contributed by atoms with Crippen LogP contribution in [0.15, 0.2) is 15.8 Å². The van der Waals surface area contributed by atoms with Gasteiger partial charge in [-0.2, -0.15) is 0 Å². The maximum atomic E-state index is 13.5. The van der Waals surface area contributed by atoms with Crippen LogP contribution in [0, 0.1) is 6.85 Å². The molecule has 0 bridgehead atoms. The SMILES string of the molecule is [2H]C([2H])([2H])c1cn([C@H]2C[C@H](F)[C@@H](CO)O2)c(=O)[nH]c1=O. The molecule has 1 fully saturated rings. The van der Waals surface area contributed by atoms with Gasteiger partial charge in [0.1, 0.15) is 18.5 Å². The van der Waals surface area contributed by atoms with Gasteiger partial charge in [0.15, 0.2) is 0 Å². The van der Waals surface area contributed by atoms with Crippen LogP contribution in [-0.2, 0) is 4.74 Å². The maximum Gasteiger partial charge on any atom is 0.330 e. The number of aliphatic hydroxyl groups is 1. The number of nitrogens with zero attached hydrogens (tertiary/aromatic N) is 1. The molecule has 2 rings (SSSR count). The molecule has 7 heteroatoms. The van der Waals surface area contributed by atoms with Crippen molar-refractivity contribution in [3.63, 3.8) is 0 Å². The summed E-state index contributed by atoms with van der Waals surface area (Å²) in [5.74, 6) is 0. The Labute approximate surface area is 99.9 Å². The van der Waals surface area contributed by atoms with Crippen LogP contribution in [0.3, 0.4) is 0 Å². The molecule has 0 aromatic carbocycles. The smallest absolute Gasteiger partial charge is 0.330 e. The molecule has 1 saturated heterocycles. The number of aryl methyl sites for hydroxylation is 1. The van der Waals surface area contributed by atoms with Gasteiger partial charge in [-0.05, 0) is 6.85 Å². The second-order valence-corrected chi connectivity index (χ2v) is 3.77. The minimum Gasteiger partial charge on any atom is -0.394 e. The first-order valence-electron chi connectivity index (χ1n) is 6.50. The van der Waals surface area contributed by atoms with Gasteiger partial charge < -0.3 is 9.84 Å². The Morgan fingerprint density at radius 1 is 1.76 bits per heavy atom. The summed E-state index contributed by atoms with van der Waals surface area (Å²) in [6.45, 7) is -3.25. The third-order valence-corrected chi connectivity index (χ3v) is 2.62. The molecule has 6 nitrogen and oxygen atoms in total. The number of ether oxygens (including phenoxy) is 1. The van der Waals surface area contributed by atoms with Gasteiger partial charge in [-0.1, -0.05) is 0 Å². The lowest BCUT2D eigenvalue weighted by atomic mass is 10.2. The third kappa shape index (κ3) is 2.16. The summed E-state index contributed by atoms with van der Waals surface area (Å²) >= 11 is 0. The summed E-state index contributed by atoms with van der Waals surface area (Å²) < 4.78 is 41.1. The average molecular weight is 247 g/mol. The minimum absolute atomic E-state index is 0.211. The molecule has 94 valence electrons. The zero-order valence-corrected chi connectivity index (χ0v) is 8.72. The molecule has 0 spiro atoms. The quantitative estimate of drug-likeness (QED) is 0.735. The van der Waals surface area contributed by atoms with Crippen molar-refractivity contribution in [3.05, 3.63) is 32.6 Å². The minimum atomic E-state index is -2.70. The van der Waals surface area contributed by atoms with Crippen molar-refractivity contribution in [3.8, 4) is 0 Å². The maximum absolute atomic E-state index is 13.5. The average Bonchev–Trinajstić information content (AvgIpc) is 2.68. The molecule has 1 aliphatic heterocycles. The molecule has 0 radical (unpaired) electrons. The highest BCUT2D eigenvalue weighted by Gasteiger charge is 2.36. The molecule has 1 aliphatic rings. The molecule has 2 heterocycles. The van der Waals surface area contributed by atoms with Crippen LogP contribution in [0.2, 0.25) is 0 Å². The van der Waals surface area contributed by atoms with E-state index in [0.29, 0.717) is 0 Å². The Morgan fingerprint density at radius 3 is 3.12 bits per heavy atom. The molecule has 0 amide bonds. The summed E-state index contributed by atoms with van der Waals surface area (Å²) in [6, 6.07) is 0. The summed E-state index contributed by atoms with van der Waals surface area (Å²) in [4.78, 5) is 25.0. The number of halogens is 1. The van der Waals surface area contributed by atoms with Crippen molar-refractivity contribution in [2.75, 3.05) is 6.61 Å². The number of aromatic amines is 1. The van der Waals surface area contributed by atoms with Crippen LogP contribution < -0.4 is 11.2 Å². The zero-order chi connectivity index (χ0) is 15.1. The lowest BCUT2D eigenvalue weighted by Gasteiger charge is -2.14. The Hall–Kier alpha value is -1.47. The van der Waals surface area contributed by atoms with Crippen molar-refractivity contribution in [2.24, 2.45) is 0 Å². The number of aliphatic hydroxyl groups excluding tert-OH is 1. The number of aromatic nitrogens is 2. The van der Waals surface area contributed by atoms with Crippen LogP contribution in [0.5, 0.6) is 0 Å². The molecule has 0 unspecified atom stereocenters. The van der Waals surface area contributed by atoms with Gasteiger partial charge in [0, 0.05) is 22.3 Å². The molecule has 0 aliphatic carbocycles. The van der Waals surface area contributed by atoms with E-state index in [-0.39, 0.29) is 6.42 Å². The Morgan fingerprint density at radius 2 is 2.53 bits per heavy atom. The van der Waals surface area contributed by atoms with Gasteiger partial charge in [0.05, 0.1) is 6.61 Å². The first-order chi connectivity index (χ1) is 9.24. The van der Waals surface area contributed by atoms with E-state index in [0.717, 1.165) is 10.8 Å². The fourth-order valence-electron chi connectivity index (χ4n) is 1.72. The Balaban J connectivity index is 2.43. The van der Waals surface area contributed by atoms with Gasteiger partial charge in [-0.3, -0.25) is 14.3 Å². The second-order valence-electron chi connectivity index (χ2n) is 3.77. The number of nitrogens with one attached hydrogen (secondary N) is 1. The molecule has 1 aromatic heterocycles. The van der Waals surface area contributed by atoms with Gasteiger partial charge in [-0.25, -0.2) is 9.18 Å². The van der Waals surface area contributed by atoms with Gasteiger partial charge >= 0.3 is 5.69 Å². The Bertz CT molecular complexity index is 612. The normalized spacial score (nSPS) is 31.9. The van der Waals surface area contributed by atoms with Crippen molar-refractivity contribution >= 4 is 0 Å². The van der Waals surface area contributed by atoms with E-state index in [1.807, 2.05) is 4.98 Å². The Kier molecular flexibility index (Phi) is 2.24. The molecule has 2 N–H and O–H groups in total. The van der Waals surface area contributed by atoms with Crippen LogP contribution in [-0.4, -0.2) is 33.5 Å². The first kappa shape index (κ1) is 8.60. The van der Waals surface area contributed by atoms with Crippen molar-refractivity contribution in [1.82, 2.24) is 9.55 Å². The van der Waals surface area contributed by atoms with E-state index in [1.54, 1.807) is 0 Å². The highest BCUT2D eigenvalue weighted by molar-refractivity contribution is 5.02. The third-order valence-electron chi connectivity index (χ3n) is 2.62. The highest BCUT2D eigenvalue weighted by Crippen LogP contribution is 2.29. The number of hydrogen-bond acceptors (Lipinski definition) is 4. The fourth-order valence-corrected chi connectivity index (χ4v) is 1.72. The fraction of sp³-hybridized carbons (Fsp3) is 0.600. The van der Waals surface area contributed by atoms with Gasteiger partial charge in [0.2, 0.25) is 0 Å². The topological polar surface area (TPSA) is 84.3 Å². The van der Waals surface area contributed by atoms with Crippen LogP contribution in [0.1, 0.15) is 22.3 Å². The van der Waals surface area contributed by atoms with Gasteiger partial charge in [0.25, 0.3) is 5.56 Å². The largest absolute Gasteiger partial charge is 0.394 e. The summed E-state index contributed by atoms with van der Waals surface area (Å²) in [6.07, 6.45) is -2.97. The van der Waals surface area contributed by atoms with Crippen molar-refractivity contribution in [2.45, 2.75) is 31.8 Å². The van der Waals surface area contributed by atoms with E-state index in [9.17, 15) is 14.0 Å². The van der Waals surface area contributed by atoms with Crippen LogP contribution >= 0.6 is 0 Å². The molecule has 1 aromatic rings. The summed E-state index contributed by atoms with van der Waals surface area (Å²) in [7, 11) is 0. The number of H-pyrrole nitrogens is 1. The number of hydrogen-bond donors (Lipinski definition) is 2. The molecular formula is C10H13FN2O4. The van der Waals surface area contributed by atoms with E-state index in [1.165, 1.54) is 0 Å². The summed E-state index contributed by atoms with van der Waals surface area (Å²) in [5.41, 5.74) is -2.48. The lowest BCUT2D eigenvalue weighted by Crippen LogP contribution is -2.33. The van der Waals surface area contributed by atoms with E-state index in [2.05, 4.69) is 0 Å². The molecule has 17 heavy (non-hydrogen) atoms. The monoisotopic (exact) mass is 247 g/mol. The molecule has 0 saturated carbocycles. The predicted octanol–water partition coefficient (Wildman–Crippen LogP) is -0.537. The molecular weight excluding hydrogens is 231 g/mol. The van der Waals surface area contributed by atoms with E-state index >= 15 is 0 Å². The van der Waals surface area contributed by atoms with Crippen molar-refractivity contribution < 1.29 is 18.3 Å². The van der Waals surface area contributed by atoms with Crippen LogP contribution in [0.4, 0.5) is 4.39 Å². The predicted molar refractivity (Wildman–Crippen MR) is 56.6 cm³/mol. The molecule has 3 atom stereocenters. The van der Waals surface area contributed by atoms with E-state index in [4.69, 9.17) is 14.0 Å². The first-order valence-corrected chi connectivity index (χ1v) is 5.00. The summed E-state index contributed by atoms with van der Waals surface area (Å²) in [5, 5.41) is 8.90. The zero-order valence-electron chi connectivity index (χ0n) is 11.7.